The molecule has 0 aromatic rings. The Balaban J connectivity index is 2.89. The minimum absolute atomic E-state index is 0.210. The third kappa shape index (κ3) is 6.01. The van der Waals surface area contributed by atoms with E-state index >= 15 is 0 Å². The maximum absolute atomic E-state index is 8.39. The highest BCUT2D eigenvalue weighted by Crippen LogP contribution is 1.89. The number of hydrogen-bond donors (Lipinski definition) is 3. The highest BCUT2D eigenvalue weighted by molar-refractivity contribution is 4.59. The van der Waals surface area contributed by atoms with Gasteiger partial charge < -0.3 is 16.2 Å². The molecule has 0 aromatic heterocycles. The van der Waals surface area contributed by atoms with Crippen LogP contribution in [0.1, 0.15) is 19.8 Å². The van der Waals surface area contributed by atoms with Crippen LogP contribution in [0.5, 0.6) is 0 Å². The lowest BCUT2D eigenvalue weighted by atomic mass is 10.2. The molecule has 0 rings (SSSR count). The molecular formula is C7H18N2O. The van der Waals surface area contributed by atoms with Gasteiger partial charge in [0, 0.05) is 12.6 Å². The van der Waals surface area contributed by atoms with Crippen molar-refractivity contribution in [3.8, 4) is 0 Å². The molecule has 10 heavy (non-hydrogen) atoms. The fourth-order valence-electron chi connectivity index (χ4n) is 0.696. The van der Waals surface area contributed by atoms with Gasteiger partial charge in [-0.2, -0.15) is 0 Å². The van der Waals surface area contributed by atoms with Crippen LogP contribution in [0.2, 0.25) is 0 Å². The standard InChI is InChI=1S/C7H18N2O/c1-2-7(8)3-4-9-5-6-10/h7,9-10H,2-6,8H2,1H3. The summed E-state index contributed by atoms with van der Waals surface area (Å²) in [4.78, 5) is 0. The van der Waals surface area contributed by atoms with Gasteiger partial charge in [0.15, 0.2) is 0 Å². The summed E-state index contributed by atoms with van der Waals surface area (Å²) in [6, 6.07) is 0.311. The van der Waals surface area contributed by atoms with Gasteiger partial charge >= 0.3 is 0 Å². The van der Waals surface area contributed by atoms with E-state index in [1.165, 1.54) is 0 Å². The van der Waals surface area contributed by atoms with Gasteiger partial charge in [0.1, 0.15) is 0 Å². The predicted octanol–water partition coefficient (Wildman–Crippen LogP) is -0.304. The average Bonchev–Trinajstić information content (AvgIpc) is 1.98. The quantitative estimate of drug-likeness (QED) is 0.451. The van der Waals surface area contributed by atoms with Crippen LogP contribution in [0.15, 0.2) is 0 Å². The molecule has 3 nitrogen and oxygen atoms in total. The van der Waals surface area contributed by atoms with Gasteiger partial charge in [0.25, 0.3) is 0 Å². The summed E-state index contributed by atoms with van der Waals surface area (Å²) >= 11 is 0. The number of rotatable bonds is 6. The third-order valence-corrected chi connectivity index (χ3v) is 1.50. The van der Waals surface area contributed by atoms with Crippen molar-refractivity contribution in [1.29, 1.82) is 0 Å². The largest absolute Gasteiger partial charge is 0.395 e. The molecule has 0 radical (unpaired) electrons. The Bertz CT molecular complexity index is 68.6. The van der Waals surface area contributed by atoms with E-state index < -0.39 is 0 Å². The zero-order chi connectivity index (χ0) is 7.82. The molecule has 3 heteroatoms. The van der Waals surface area contributed by atoms with E-state index in [-0.39, 0.29) is 6.61 Å². The summed E-state index contributed by atoms with van der Waals surface area (Å²) in [5, 5.41) is 11.5. The minimum atomic E-state index is 0.210. The highest BCUT2D eigenvalue weighted by Gasteiger charge is 1.96. The summed E-state index contributed by atoms with van der Waals surface area (Å²) in [5.41, 5.74) is 5.65. The number of aliphatic hydroxyl groups is 1. The van der Waals surface area contributed by atoms with E-state index in [0.717, 1.165) is 19.4 Å². The fraction of sp³-hybridized carbons (Fsp3) is 1.00. The normalized spacial score (nSPS) is 13.5. The molecule has 4 N–H and O–H groups in total. The van der Waals surface area contributed by atoms with Gasteiger partial charge in [-0.05, 0) is 19.4 Å². The Hall–Kier alpha value is -0.120. The fourth-order valence-corrected chi connectivity index (χ4v) is 0.696. The lowest BCUT2D eigenvalue weighted by molar-refractivity contribution is 0.291. The molecule has 0 aliphatic carbocycles. The molecule has 0 aliphatic heterocycles. The van der Waals surface area contributed by atoms with Crippen molar-refractivity contribution >= 4 is 0 Å². The second-order valence-electron chi connectivity index (χ2n) is 2.43. The first-order chi connectivity index (χ1) is 4.81. The second-order valence-corrected chi connectivity index (χ2v) is 2.43. The first-order valence-electron chi connectivity index (χ1n) is 3.88. The summed E-state index contributed by atoms with van der Waals surface area (Å²) in [6.07, 6.45) is 2.03. The maximum atomic E-state index is 8.39. The Morgan fingerprint density at radius 2 is 2.20 bits per heavy atom. The number of nitrogens with two attached hydrogens (primary N) is 1. The van der Waals surface area contributed by atoms with Gasteiger partial charge in [-0.15, -0.1) is 0 Å². The Morgan fingerprint density at radius 1 is 1.50 bits per heavy atom. The monoisotopic (exact) mass is 146 g/mol. The first-order valence-corrected chi connectivity index (χ1v) is 3.88. The molecule has 0 bridgehead atoms. The smallest absolute Gasteiger partial charge is 0.0555 e. The Labute approximate surface area is 62.6 Å². The van der Waals surface area contributed by atoms with Crippen LogP contribution in [0, 0.1) is 0 Å². The lowest BCUT2D eigenvalue weighted by Crippen LogP contribution is -2.27. The lowest BCUT2D eigenvalue weighted by Gasteiger charge is -2.07. The number of nitrogens with one attached hydrogen (secondary N) is 1. The zero-order valence-electron chi connectivity index (χ0n) is 6.64. The molecule has 1 atom stereocenters. The third-order valence-electron chi connectivity index (χ3n) is 1.50. The molecule has 0 saturated carbocycles. The molecule has 0 saturated heterocycles. The Morgan fingerprint density at radius 3 is 2.70 bits per heavy atom. The molecule has 1 unspecified atom stereocenters. The van der Waals surface area contributed by atoms with Gasteiger partial charge in [-0.25, -0.2) is 0 Å². The van der Waals surface area contributed by atoms with Crippen molar-refractivity contribution < 1.29 is 5.11 Å². The van der Waals surface area contributed by atoms with E-state index in [1.54, 1.807) is 0 Å². The highest BCUT2D eigenvalue weighted by atomic mass is 16.3. The summed E-state index contributed by atoms with van der Waals surface area (Å²) in [6.45, 7) is 3.88. The molecule has 0 aliphatic rings. The van der Waals surface area contributed by atoms with Crippen molar-refractivity contribution in [2.24, 2.45) is 5.73 Å². The SMILES string of the molecule is CCC(N)CCNCCO. The van der Waals surface area contributed by atoms with Crippen LogP contribution < -0.4 is 11.1 Å². The van der Waals surface area contributed by atoms with Crippen LogP contribution in [0.25, 0.3) is 0 Å². The first kappa shape index (κ1) is 9.88. The average molecular weight is 146 g/mol. The summed E-state index contributed by atoms with van der Waals surface area (Å²) in [5.74, 6) is 0. The van der Waals surface area contributed by atoms with Gasteiger partial charge in [-0.1, -0.05) is 6.92 Å². The summed E-state index contributed by atoms with van der Waals surface area (Å²) < 4.78 is 0. The molecular weight excluding hydrogens is 128 g/mol. The van der Waals surface area contributed by atoms with Crippen molar-refractivity contribution in [2.75, 3.05) is 19.7 Å². The van der Waals surface area contributed by atoms with Crippen LogP contribution >= 0.6 is 0 Å². The van der Waals surface area contributed by atoms with Crippen molar-refractivity contribution in [2.45, 2.75) is 25.8 Å². The van der Waals surface area contributed by atoms with Crippen molar-refractivity contribution in [1.82, 2.24) is 5.32 Å². The van der Waals surface area contributed by atoms with E-state index in [2.05, 4.69) is 12.2 Å². The predicted molar refractivity (Wildman–Crippen MR) is 42.8 cm³/mol. The van der Waals surface area contributed by atoms with E-state index in [4.69, 9.17) is 10.8 Å². The van der Waals surface area contributed by atoms with E-state index in [0.29, 0.717) is 12.6 Å². The van der Waals surface area contributed by atoms with Crippen molar-refractivity contribution in [3.05, 3.63) is 0 Å². The molecule has 0 fully saturated rings. The number of hydrogen-bond acceptors (Lipinski definition) is 3. The zero-order valence-corrected chi connectivity index (χ0v) is 6.64. The number of aliphatic hydroxyl groups excluding tert-OH is 1. The molecule has 0 heterocycles. The van der Waals surface area contributed by atoms with Crippen LogP contribution in [-0.4, -0.2) is 30.8 Å². The van der Waals surface area contributed by atoms with Gasteiger partial charge in [0.05, 0.1) is 6.61 Å². The topological polar surface area (TPSA) is 58.3 Å². The molecule has 62 valence electrons. The minimum Gasteiger partial charge on any atom is -0.395 e. The van der Waals surface area contributed by atoms with Crippen LogP contribution in [0.4, 0.5) is 0 Å². The molecule has 0 aromatic carbocycles. The van der Waals surface area contributed by atoms with Crippen molar-refractivity contribution in [3.63, 3.8) is 0 Å². The molecule has 0 amide bonds. The van der Waals surface area contributed by atoms with Crippen LogP contribution in [0.3, 0.4) is 0 Å². The maximum Gasteiger partial charge on any atom is 0.0555 e. The van der Waals surface area contributed by atoms with E-state index in [9.17, 15) is 0 Å². The van der Waals surface area contributed by atoms with E-state index in [1.807, 2.05) is 0 Å². The second kappa shape index (κ2) is 6.99. The summed E-state index contributed by atoms with van der Waals surface area (Å²) in [7, 11) is 0. The van der Waals surface area contributed by atoms with Gasteiger partial charge in [0.2, 0.25) is 0 Å². The van der Waals surface area contributed by atoms with Gasteiger partial charge in [-0.3, -0.25) is 0 Å². The Kier molecular flexibility index (Phi) is 6.91. The van der Waals surface area contributed by atoms with Crippen LogP contribution in [-0.2, 0) is 0 Å². The molecule has 0 spiro atoms.